The molecule has 0 aliphatic heterocycles. The average molecular weight is 208 g/mol. The van der Waals surface area contributed by atoms with Crippen molar-refractivity contribution in [3.63, 3.8) is 0 Å². The second kappa shape index (κ2) is 4.69. The Labute approximate surface area is 93.6 Å². The lowest BCUT2D eigenvalue weighted by molar-refractivity contribution is 0.0324. The second-order valence-electron chi connectivity index (χ2n) is 5.64. The van der Waals surface area contributed by atoms with Crippen molar-refractivity contribution in [3.8, 4) is 0 Å². The fraction of sp³-hybridized carbons (Fsp3) is 0.857. The molecule has 1 fully saturated rings. The zero-order chi connectivity index (χ0) is 10.7. The molecule has 86 valence electrons. The molecule has 1 N–H and O–H groups in total. The summed E-state index contributed by atoms with van der Waals surface area (Å²) in [7, 11) is 0. The van der Waals surface area contributed by atoms with Crippen LogP contribution in [0.15, 0.2) is 11.6 Å². The van der Waals surface area contributed by atoms with Crippen LogP contribution in [0.1, 0.15) is 64.7 Å². The van der Waals surface area contributed by atoms with Gasteiger partial charge in [-0.1, -0.05) is 32.3 Å². The number of allylic oxidation sites excluding steroid dienone is 1. The van der Waals surface area contributed by atoms with E-state index >= 15 is 0 Å². The molecular weight excluding hydrogens is 184 g/mol. The number of rotatable bonds is 2. The van der Waals surface area contributed by atoms with Gasteiger partial charge in [-0.25, -0.2) is 0 Å². The number of hydrogen-bond acceptors (Lipinski definition) is 1. The molecule has 2 aliphatic rings. The van der Waals surface area contributed by atoms with E-state index in [1.807, 2.05) is 0 Å². The van der Waals surface area contributed by atoms with Crippen molar-refractivity contribution in [1.29, 1.82) is 0 Å². The summed E-state index contributed by atoms with van der Waals surface area (Å²) in [4.78, 5) is 0. The Morgan fingerprint density at radius 2 is 1.87 bits per heavy atom. The van der Waals surface area contributed by atoms with Gasteiger partial charge in [0.1, 0.15) is 0 Å². The Bertz CT molecular complexity index is 236. The minimum atomic E-state index is -0.155. The van der Waals surface area contributed by atoms with Gasteiger partial charge in [0.05, 0.1) is 6.10 Å². The van der Waals surface area contributed by atoms with Crippen LogP contribution in [-0.4, -0.2) is 11.2 Å². The van der Waals surface area contributed by atoms with Gasteiger partial charge in [-0.15, -0.1) is 0 Å². The van der Waals surface area contributed by atoms with Gasteiger partial charge in [-0.2, -0.15) is 0 Å². The Morgan fingerprint density at radius 1 is 1.13 bits per heavy atom. The normalized spacial score (nSPS) is 28.3. The highest BCUT2D eigenvalue weighted by Gasteiger charge is 2.36. The maximum atomic E-state index is 10.5. The average Bonchev–Trinajstić information content (AvgIpc) is 2.30. The van der Waals surface area contributed by atoms with E-state index in [2.05, 4.69) is 13.0 Å². The summed E-state index contributed by atoms with van der Waals surface area (Å²) in [5.74, 6) is 0. The van der Waals surface area contributed by atoms with Gasteiger partial charge in [-0.05, 0) is 49.5 Å². The number of hydrogen-bond donors (Lipinski definition) is 1. The minimum Gasteiger partial charge on any atom is -0.388 e. The van der Waals surface area contributed by atoms with E-state index in [-0.39, 0.29) is 11.5 Å². The fourth-order valence-electron chi connectivity index (χ4n) is 3.19. The fourth-order valence-corrected chi connectivity index (χ4v) is 3.19. The van der Waals surface area contributed by atoms with E-state index < -0.39 is 0 Å². The number of aliphatic hydroxyl groups excluding tert-OH is 1. The third-order valence-electron chi connectivity index (χ3n) is 4.33. The van der Waals surface area contributed by atoms with Crippen LogP contribution in [0.4, 0.5) is 0 Å². The Morgan fingerprint density at radius 3 is 2.47 bits per heavy atom. The molecule has 0 aromatic heterocycles. The van der Waals surface area contributed by atoms with Gasteiger partial charge < -0.3 is 5.11 Å². The predicted octanol–water partition coefficient (Wildman–Crippen LogP) is 3.82. The predicted molar refractivity (Wildman–Crippen MR) is 63.7 cm³/mol. The van der Waals surface area contributed by atoms with Crippen LogP contribution in [0.25, 0.3) is 0 Å². The second-order valence-corrected chi connectivity index (χ2v) is 5.64. The van der Waals surface area contributed by atoms with Crippen LogP contribution in [-0.2, 0) is 0 Å². The largest absolute Gasteiger partial charge is 0.388 e. The first-order valence-electron chi connectivity index (χ1n) is 6.59. The quantitative estimate of drug-likeness (QED) is 0.684. The molecule has 1 atom stereocenters. The molecule has 0 saturated heterocycles. The molecule has 0 radical (unpaired) electrons. The Balaban J connectivity index is 2.04. The van der Waals surface area contributed by atoms with Gasteiger partial charge in [0.15, 0.2) is 0 Å². The van der Waals surface area contributed by atoms with Gasteiger partial charge >= 0.3 is 0 Å². The van der Waals surface area contributed by atoms with Gasteiger partial charge in [0, 0.05) is 0 Å². The molecule has 1 unspecified atom stereocenters. The maximum Gasteiger partial charge on any atom is 0.0803 e. The minimum absolute atomic E-state index is 0.155. The summed E-state index contributed by atoms with van der Waals surface area (Å²) in [6.45, 7) is 2.28. The van der Waals surface area contributed by atoms with Crippen LogP contribution in [0.3, 0.4) is 0 Å². The molecule has 0 heterocycles. The lowest BCUT2D eigenvalue weighted by atomic mass is 9.69. The summed E-state index contributed by atoms with van der Waals surface area (Å²) in [6.07, 6.45) is 13.5. The van der Waals surface area contributed by atoms with Crippen molar-refractivity contribution in [2.24, 2.45) is 5.41 Å². The van der Waals surface area contributed by atoms with Crippen LogP contribution in [0.5, 0.6) is 0 Å². The van der Waals surface area contributed by atoms with Crippen LogP contribution in [0, 0.1) is 5.41 Å². The monoisotopic (exact) mass is 208 g/mol. The first-order chi connectivity index (χ1) is 7.22. The highest BCUT2D eigenvalue weighted by molar-refractivity contribution is 5.14. The molecule has 0 aromatic rings. The van der Waals surface area contributed by atoms with Gasteiger partial charge in [0.25, 0.3) is 0 Å². The summed E-state index contributed by atoms with van der Waals surface area (Å²) >= 11 is 0. The molecule has 1 saturated carbocycles. The molecule has 0 bridgehead atoms. The third-order valence-corrected chi connectivity index (χ3v) is 4.33. The SMILES string of the molecule is CC1(C(O)C2=CCCCC2)CCCCC1. The third kappa shape index (κ3) is 2.44. The van der Waals surface area contributed by atoms with Crippen molar-refractivity contribution in [1.82, 2.24) is 0 Å². The molecule has 1 heteroatoms. The number of aliphatic hydroxyl groups is 1. The molecule has 2 aliphatic carbocycles. The lowest BCUT2D eigenvalue weighted by Gasteiger charge is -2.39. The zero-order valence-corrected chi connectivity index (χ0v) is 9.97. The molecule has 0 amide bonds. The summed E-state index contributed by atoms with van der Waals surface area (Å²) in [5, 5.41) is 10.5. The van der Waals surface area contributed by atoms with Gasteiger partial charge in [0.2, 0.25) is 0 Å². The maximum absolute atomic E-state index is 10.5. The molecule has 2 rings (SSSR count). The van der Waals surface area contributed by atoms with E-state index in [0.29, 0.717) is 0 Å². The van der Waals surface area contributed by atoms with Crippen LogP contribution < -0.4 is 0 Å². The molecule has 0 aromatic carbocycles. The topological polar surface area (TPSA) is 20.2 Å². The van der Waals surface area contributed by atoms with Crippen molar-refractivity contribution in [2.75, 3.05) is 0 Å². The first kappa shape index (κ1) is 11.2. The van der Waals surface area contributed by atoms with E-state index in [0.717, 1.165) is 6.42 Å². The Hall–Kier alpha value is -0.300. The summed E-state index contributed by atoms with van der Waals surface area (Å²) < 4.78 is 0. The molecular formula is C14H24O. The highest BCUT2D eigenvalue weighted by atomic mass is 16.3. The van der Waals surface area contributed by atoms with E-state index in [9.17, 15) is 5.11 Å². The van der Waals surface area contributed by atoms with E-state index in [1.54, 1.807) is 0 Å². The Kier molecular flexibility index (Phi) is 3.50. The van der Waals surface area contributed by atoms with Crippen molar-refractivity contribution >= 4 is 0 Å². The van der Waals surface area contributed by atoms with Gasteiger partial charge in [-0.3, -0.25) is 0 Å². The van der Waals surface area contributed by atoms with Crippen LogP contribution in [0.2, 0.25) is 0 Å². The molecule has 15 heavy (non-hydrogen) atoms. The van der Waals surface area contributed by atoms with Crippen LogP contribution >= 0.6 is 0 Å². The standard InChI is InChI=1S/C14H24O/c1-14(10-6-3-7-11-14)13(15)12-8-4-2-5-9-12/h8,13,15H,2-7,9-11H2,1H3. The highest BCUT2D eigenvalue weighted by Crippen LogP contribution is 2.42. The van der Waals surface area contributed by atoms with Crippen molar-refractivity contribution < 1.29 is 5.11 Å². The van der Waals surface area contributed by atoms with Crippen molar-refractivity contribution in [3.05, 3.63) is 11.6 Å². The van der Waals surface area contributed by atoms with E-state index in [4.69, 9.17) is 0 Å². The lowest BCUT2D eigenvalue weighted by Crippen LogP contribution is -2.36. The molecule has 0 spiro atoms. The first-order valence-corrected chi connectivity index (χ1v) is 6.59. The summed E-state index contributed by atoms with van der Waals surface area (Å²) in [6, 6.07) is 0. The van der Waals surface area contributed by atoms with Crippen molar-refractivity contribution in [2.45, 2.75) is 70.8 Å². The van der Waals surface area contributed by atoms with E-state index in [1.165, 1.54) is 56.9 Å². The molecule has 1 nitrogen and oxygen atoms in total. The zero-order valence-electron chi connectivity index (χ0n) is 9.97. The summed E-state index contributed by atoms with van der Waals surface area (Å²) in [5.41, 5.74) is 1.52. The smallest absolute Gasteiger partial charge is 0.0803 e.